The van der Waals surface area contributed by atoms with Crippen LogP contribution in [0.1, 0.15) is 29.1 Å². The Morgan fingerprint density at radius 2 is 1.74 bits per heavy atom. The van der Waals surface area contributed by atoms with Gasteiger partial charge in [0.2, 0.25) is 5.88 Å². The van der Waals surface area contributed by atoms with E-state index in [0.29, 0.717) is 26.9 Å². The number of aromatic nitrogens is 1. The highest BCUT2D eigenvalue weighted by Crippen LogP contribution is 2.34. The number of nitrogens with zero attached hydrogens (tertiary/aromatic N) is 1. The summed E-state index contributed by atoms with van der Waals surface area (Å²) in [5, 5.41) is 4.35. The van der Waals surface area contributed by atoms with Crippen molar-refractivity contribution in [2.45, 2.75) is 18.6 Å². The van der Waals surface area contributed by atoms with Crippen LogP contribution in [0.2, 0.25) is 10.2 Å². The van der Waals surface area contributed by atoms with Crippen molar-refractivity contribution in [3.8, 4) is 11.6 Å². The topological polar surface area (TPSA) is 85.4 Å². The van der Waals surface area contributed by atoms with Gasteiger partial charge in [-0.15, -0.1) is 11.3 Å². The van der Waals surface area contributed by atoms with Gasteiger partial charge in [-0.1, -0.05) is 29.3 Å². The van der Waals surface area contributed by atoms with E-state index in [0.717, 1.165) is 10.1 Å². The van der Waals surface area contributed by atoms with Crippen LogP contribution in [0.15, 0.2) is 60.7 Å². The van der Waals surface area contributed by atoms with Crippen molar-refractivity contribution in [1.82, 2.24) is 4.98 Å². The minimum Gasteiger partial charge on any atom is -0.439 e. The molecule has 0 aliphatic carbocycles. The number of thiophene rings is 1. The molecule has 0 aliphatic rings. The summed E-state index contributed by atoms with van der Waals surface area (Å²) in [7, 11) is -3.32. The number of pyridine rings is 1. The molecule has 0 saturated carbocycles. The molecule has 10 heteroatoms. The molecule has 0 saturated heterocycles. The molecule has 0 bridgehead atoms. The maximum absolute atomic E-state index is 12.9. The fourth-order valence-corrected chi connectivity index (χ4v) is 4.98. The van der Waals surface area contributed by atoms with Gasteiger partial charge < -0.3 is 10.1 Å². The molecule has 0 unspecified atom stereocenters. The highest BCUT2D eigenvalue weighted by molar-refractivity contribution is 7.91. The lowest BCUT2D eigenvalue weighted by Crippen LogP contribution is -2.27. The fraction of sp³-hybridized carbons (Fsp3) is 0.167. The van der Waals surface area contributed by atoms with E-state index >= 15 is 0 Å². The number of carbonyl (C=O) groups excluding carboxylic acids is 1. The third-order valence-corrected chi connectivity index (χ3v) is 9.08. The van der Waals surface area contributed by atoms with Crippen molar-refractivity contribution in [2.75, 3.05) is 11.6 Å². The van der Waals surface area contributed by atoms with E-state index in [1.807, 2.05) is 12.1 Å². The number of sulfone groups is 1. The lowest BCUT2D eigenvalue weighted by Gasteiger charge is -2.23. The molecule has 34 heavy (non-hydrogen) atoms. The van der Waals surface area contributed by atoms with E-state index in [1.165, 1.54) is 23.7 Å². The summed E-state index contributed by atoms with van der Waals surface area (Å²) in [4.78, 5) is 17.5. The number of hydrogen-bond acceptors (Lipinski definition) is 6. The molecule has 2 aromatic carbocycles. The van der Waals surface area contributed by atoms with Crippen LogP contribution in [0.4, 0.5) is 5.69 Å². The van der Waals surface area contributed by atoms with Gasteiger partial charge in [-0.3, -0.25) is 4.79 Å². The predicted molar refractivity (Wildman–Crippen MR) is 138 cm³/mol. The van der Waals surface area contributed by atoms with Crippen LogP contribution in [0.25, 0.3) is 10.1 Å². The molecule has 0 atom stereocenters. The maximum atomic E-state index is 12.9. The molecule has 2 aromatic heterocycles. The second kappa shape index (κ2) is 9.19. The van der Waals surface area contributed by atoms with Gasteiger partial charge in [-0.2, -0.15) is 0 Å². The smallest absolute Gasteiger partial charge is 0.265 e. The van der Waals surface area contributed by atoms with Gasteiger partial charge in [0.25, 0.3) is 5.91 Å². The molecule has 6 nitrogen and oxygen atoms in total. The molecule has 4 rings (SSSR count). The average molecular weight is 535 g/mol. The minimum absolute atomic E-state index is 0.158. The van der Waals surface area contributed by atoms with Gasteiger partial charge in [0.05, 0.1) is 9.62 Å². The number of anilines is 1. The molecule has 0 radical (unpaired) electrons. The quantitative estimate of drug-likeness (QED) is 0.271. The van der Waals surface area contributed by atoms with Gasteiger partial charge in [0.1, 0.15) is 10.9 Å². The molecule has 1 amide bonds. The summed E-state index contributed by atoms with van der Waals surface area (Å²) in [6, 6.07) is 17.0. The van der Waals surface area contributed by atoms with E-state index in [4.69, 9.17) is 27.9 Å². The summed E-state index contributed by atoms with van der Waals surface area (Å²) in [6.45, 7) is 3.33. The first kappa shape index (κ1) is 24.5. The molecule has 0 fully saturated rings. The van der Waals surface area contributed by atoms with Crippen LogP contribution in [0, 0.1) is 0 Å². The fourth-order valence-electron chi connectivity index (χ4n) is 3.16. The number of nitrogens with one attached hydrogen (secondary N) is 1. The molecule has 2 heterocycles. The number of amides is 1. The number of hydrogen-bond donors (Lipinski definition) is 1. The molecule has 0 spiro atoms. The summed E-state index contributed by atoms with van der Waals surface area (Å²) < 4.78 is 29.9. The molecular weight excluding hydrogens is 515 g/mol. The van der Waals surface area contributed by atoms with E-state index in [-0.39, 0.29) is 16.9 Å². The number of rotatable bonds is 6. The summed E-state index contributed by atoms with van der Waals surface area (Å²) in [5.41, 5.74) is 1.09. The number of fused-ring (bicyclic) bond motifs is 1. The first-order chi connectivity index (χ1) is 15.9. The van der Waals surface area contributed by atoms with Crippen molar-refractivity contribution in [2.24, 2.45) is 0 Å². The molecule has 0 aliphatic heterocycles. The van der Waals surface area contributed by atoms with Gasteiger partial charge >= 0.3 is 0 Å². The van der Waals surface area contributed by atoms with Crippen molar-refractivity contribution in [3.05, 3.63) is 81.3 Å². The molecular formula is C24H20Cl2N2O4S2. The largest absolute Gasteiger partial charge is 0.439 e. The summed E-state index contributed by atoms with van der Waals surface area (Å²) >= 11 is 13.3. The Labute approximate surface area is 211 Å². The van der Waals surface area contributed by atoms with Crippen LogP contribution < -0.4 is 10.1 Å². The van der Waals surface area contributed by atoms with Crippen LogP contribution in [-0.4, -0.2) is 25.6 Å². The SMILES string of the molecule is CC(C)(c1ccc2sc(C(=O)Nc3cc(Cl)nc(Oc4ccc(Cl)cc4)c3)cc2c1)S(C)(=O)=O. The summed E-state index contributed by atoms with van der Waals surface area (Å²) in [6.07, 6.45) is 1.22. The average Bonchev–Trinajstić information content (AvgIpc) is 3.18. The number of carbonyl (C=O) groups is 1. The monoisotopic (exact) mass is 534 g/mol. The molecule has 176 valence electrons. The zero-order valence-electron chi connectivity index (χ0n) is 18.4. The third kappa shape index (κ3) is 5.20. The number of benzene rings is 2. The Hall–Kier alpha value is -2.65. The Balaban J connectivity index is 1.57. The second-order valence-corrected chi connectivity index (χ2v) is 12.6. The van der Waals surface area contributed by atoms with Crippen LogP contribution in [0.5, 0.6) is 11.6 Å². The number of ether oxygens (including phenoxy) is 1. The maximum Gasteiger partial charge on any atom is 0.265 e. The standard InChI is InChI=1S/C24H20Cl2N2O4S2/c1-24(2,34(3,30)31)15-4-9-19-14(10-15)11-20(33-19)23(29)27-17-12-21(26)28-22(13-17)32-18-7-5-16(25)6-8-18/h4-13H,1-3H3,(H,27,28,29). The Morgan fingerprint density at radius 3 is 2.41 bits per heavy atom. The van der Waals surface area contributed by atoms with Crippen LogP contribution in [0.3, 0.4) is 0 Å². The van der Waals surface area contributed by atoms with Gasteiger partial charge in [-0.05, 0) is 73.3 Å². The lowest BCUT2D eigenvalue weighted by molar-refractivity contribution is 0.103. The highest BCUT2D eigenvalue weighted by atomic mass is 35.5. The van der Waals surface area contributed by atoms with Gasteiger partial charge in [-0.25, -0.2) is 13.4 Å². The van der Waals surface area contributed by atoms with E-state index < -0.39 is 14.6 Å². The minimum atomic E-state index is -3.32. The normalized spacial score (nSPS) is 12.0. The van der Waals surface area contributed by atoms with E-state index in [2.05, 4.69) is 10.3 Å². The van der Waals surface area contributed by atoms with Gasteiger partial charge in [0.15, 0.2) is 9.84 Å². The third-order valence-electron chi connectivity index (χ3n) is 5.43. The second-order valence-electron chi connectivity index (χ2n) is 8.17. The van der Waals surface area contributed by atoms with Crippen LogP contribution in [-0.2, 0) is 14.6 Å². The first-order valence-corrected chi connectivity index (χ1v) is 13.5. The molecule has 4 aromatic rings. The number of halogens is 2. The summed E-state index contributed by atoms with van der Waals surface area (Å²) in [5.74, 6) is 0.410. The first-order valence-electron chi connectivity index (χ1n) is 10.1. The zero-order valence-corrected chi connectivity index (χ0v) is 21.6. The Bertz CT molecular complexity index is 1500. The van der Waals surface area contributed by atoms with Crippen LogP contribution >= 0.6 is 34.5 Å². The van der Waals surface area contributed by atoms with Crippen molar-refractivity contribution in [3.63, 3.8) is 0 Å². The van der Waals surface area contributed by atoms with Crippen molar-refractivity contribution in [1.29, 1.82) is 0 Å². The van der Waals surface area contributed by atoms with Gasteiger partial charge in [0, 0.05) is 27.7 Å². The van der Waals surface area contributed by atoms with E-state index in [1.54, 1.807) is 56.3 Å². The molecule has 1 N–H and O–H groups in total. The van der Waals surface area contributed by atoms with Crippen molar-refractivity contribution < 1.29 is 17.9 Å². The Kier molecular flexibility index (Phi) is 6.61. The van der Waals surface area contributed by atoms with Crippen molar-refractivity contribution >= 4 is 66.1 Å². The Morgan fingerprint density at radius 1 is 1.03 bits per heavy atom. The predicted octanol–water partition coefficient (Wildman–Crippen LogP) is 6.93. The highest BCUT2D eigenvalue weighted by Gasteiger charge is 2.32. The van der Waals surface area contributed by atoms with E-state index in [9.17, 15) is 13.2 Å². The zero-order chi connectivity index (χ0) is 24.7. The lowest BCUT2D eigenvalue weighted by atomic mass is 10.0.